The first-order chi connectivity index (χ1) is 10.1. The van der Waals surface area contributed by atoms with Crippen molar-refractivity contribution in [3.63, 3.8) is 0 Å². The molecule has 0 saturated heterocycles. The van der Waals surface area contributed by atoms with E-state index >= 15 is 0 Å². The van der Waals surface area contributed by atoms with Crippen LogP contribution in [-0.4, -0.2) is 7.11 Å². The lowest BCUT2D eigenvalue weighted by atomic mass is 10.1. The molecule has 0 aromatic heterocycles. The van der Waals surface area contributed by atoms with Crippen LogP contribution < -0.4 is 5.32 Å². The van der Waals surface area contributed by atoms with Crippen LogP contribution in [0.5, 0.6) is 0 Å². The topological polar surface area (TPSA) is 45.0 Å². The molecule has 5 heteroatoms. The van der Waals surface area contributed by atoms with Crippen LogP contribution in [0, 0.1) is 17.1 Å². The first-order valence-corrected chi connectivity index (χ1v) is 7.13. The molecule has 0 aliphatic carbocycles. The quantitative estimate of drug-likeness (QED) is 0.879. The van der Waals surface area contributed by atoms with Gasteiger partial charge in [-0.2, -0.15) is 5.26 Å². The molecular formula is C16H14BrFN2O. The molecule has 0 fully saturated rings. The van der Waals surface area contributed by atoms with Crippen LogP contribution in [0.4, 0.5) is 10.1 Å². The normalized spacial score (nSPS) is 10.2. The summed E-state index contributed by atoms with van der Waals surface area (Å²) in [4.78, 5) is 0. The highest BCUT2D eigenvalue weighted by Gasteiger charge is 2.07. The second-order valence-corrected chi connectivity index (χ2v) is 5.37. The van der Waals surface area contributed by atoms with Crippen LogP contribution in [0.3, 0.4) is 0 Å². The number of nitriles is 1. The third-order valence-electron chi connectivity index (χ3n) is 2.98. The first-order valence-electron chi connectivity index (χ1n) is 6.34. The van der Waals surface area contributed by atoms with Crippen LogP contribution in [0.25, 0.3) is 0 Å². The van der Waals surface area contributed by atoms with E-state index in [0.717, 1.165) is 21.3 Å². The van der Waals surface area contributed by atoms with Gasteiger partial charge < -0.3 is 10.1 Å². The Morgan fingerprint density at radius 1 is 1.33 bits per heavy atom. The van der Waals surface area contributed by atoms with E-state index in [-0.39, 0.29) is 0 Å². The minimum absolute atomic E-state index is 0.318. The van der Waals surface area contributed by atoms with Gasteiger partial charge in [0.2, 0.25) is 0 Å². The number of anilines is 1. The summed E-state index contributed by atoms with van der Waals surface area (Å²) in [5.41, 5.74) is 2.94. The highest BCUT2D eigenvalue weighted by molar-refractivity contribution is 9.10. The van der Waals surface area contributed by atoms with E-state index in [2.05, 4.69) is 21.2 Å². The maximum absolute atomic E-state index is 13.4. The average Bonchev–Trinajstić information content (AvgIpc) is 2.47. The van der Waals surface area contributed by atoms with Gasteiger partial charge in [0.15, 0.2) is 0 Å². The number of ether oxygens (including phenoxy) is 1. The maximum Gasteiger partial charge on any atom is 0.124 e. The molecule has 2 aromatic carbocycles. The zero-order valence-electron chi connectivity index (χ0n) is 11.5. The SMILES string of the molecule is COCc1c(Br)cccc1NCc1cc(F)cc(C#N)c1. The van der Waals surface area contributed by atoms with Crippen molar-refractivity contribution in [3.05, 3.63) is 63.4 Å². The van der Waals surface area contributed by atoms with Crippen LogP contribution in [-0.2, 0) is 17.9 Å². The number of halogens is 2. The van der Waals surface area contributed by atoms with E-state index in [0.29, 0.717) is 18.7 Å². The molecule has 0 heterocycles. The maximum atomic E-state index is 13.4. The molecule has 0 aliphatic heterocycles. The van der Waals surface area contributed by atoms with Crippen molar-refractivity contribution in [3.8, 4) is 6.07 Å². The second kappa shape index (κ2) is 7.21. The molecule has 2 rings (SSSR count). The van der Waals surface area contributed by atoms with E-state index in [1.807, 2.05) is 24.3 Å². The van der Waals surface area contributed by atoms with Crippen molar-refractivity contribution >= 4 is 21.6 Å². The molecule has 0 spiro atoms. The molecule has 0 bridgehead atoms. The fourth-order valence-corrected chi connectivity index (χ4v) is 2.51. The Hall–Kier alpha value is -1.90. The molecule has 0 radical (unpaired) electrons. The fourth-order valence-electron chi connectivity index (χ4n) is 2.03. The molecule has 1 N–H and O–H groups in total. The lowest BCUT2D eigenvalue weighted by Crippen LogP contribution is -2.04. The van der Waals surface area contributed by atoms with Gasteiger partial charge in [0.25, 0.3) is 0 Å². The average molecular weight is 349 g/mol. The summed E-state index contributed by atoms with van der Waals surface area (Å²) in [6.07, 6.45) is 0. The largest absolute Gasteiger partial charge is 0.381 e. The van der Waals surface area contributed by atoms with Gasteiger partial charge in [0.05, 0.1) is 18.2 Å². The summed E-state index contributed by atoms with van der Waals surface area (Å²) in [6.45, 7) is 0.899. The highest BCUT2D eigenvalue weighted by atomic mass is 79.9. The lowest BCUT2D eigenvalue weighted by molar-refractivity contribution is 0.185. The summed E-state index contributed by atoms with van der Waals surface area (Å²) in [6, 6.07) is 12.1. The first kappa shape index (κ1) is 15.5. The number of hydrogen-bond donors (Lipinski definition) is 1. The van der Waals surface area contributed by atoms with Gasteiger partial charge >= 0.3 is 0 Å². The Morgan fingerprint density at radius 2 is 2.14 bits per heavy atom. The minimum atomic E-state index is -0.405. The van der Waals surface area contributed by atoms with Crippen molar-refractivity contribution in [1.82, 2.24) is 0 Å². The van der Waals surface area contributed by atoms with E-state index in [4.69, 9.17) is 10.00 Å². The van der Waals surface area contributed by atoms with E-state index < -0.39 is 5.82 Å². The summed E-state index contributed by atoms with van der Waals surface area (Å²) in [5, 5.41) is 12.1. The van der Waals surface area contributed by atoms with E-state index in [1.165, 1.54) is 12.1 Å². The van der Waals surface area contributed by atoms with Crippen molar-refractivity contribution in [1.29, 1.82) is 5.26 Å². The molecule has 108 valence electrons. The van der Waals surface area contributed by atoms with Gasteiger partial charge in [-0.05, 0) is 35.9 Å². The number of nitrogens with zero attached hydrogens (tertiary/aromatic N) is 1. The zero-order valence-corrected chi connectivity index (χ0v) is 13.1. The van der Waals surface area contributed by atoms with Crippen molar-refractivity contribution in [2.45, 2.75) is 13.2 Å². The molecule has 3 nitrogen and oxygen atoms in total. The molecule has 0 unspecified atom stereocenters. The predicted molar refractivity (Wildman–Crippen MR) is 83.3 cm³/mol. The van der Waals surface area contributed by atoms with Crippen LogP contribution >= 0.6 is 15.9 Å². The van der Waals surface area contributed by atoms with Gasteiger partial charge in [-0.25, -0.2) is 4.39 Å². The number of benzene rings is 2. The Kier molecular flexibility index (Phi) is 5.32. The number of hydrogen-bond acceptors (Lipinski definition) is 3. The van der Waals surface area contributed by atoms with Gasteiger partial charge in [0, 0.05) is 29.4 Å². The molecule has 21 heavy (non-hydrogen) atoms. The monoisotopic (exact) mass is 348 g/mol. The predicted octanol–water partition coefficient (Wildman–Crippen LogP) is 4.22. The van der Waals surface area contributed by atoms with Gasteiger partial charge in [-0.1, -0.05) is 22.0 Å². The Bertz CT molecular complexity index is 682. The van der Waals surface area contributed by atoms with E-state index in [9.17, 15) is 4.39 Å². The lowest BCUT2D eigenvalue weighted by Gasteiger charge is -2.13. The van der Waals surface area contributed by atoms with Crippen molar-refractivity contribution < 1.29 is 9.13 Å². The summed E-state index contributed by atoms with van der Waals surface area (Å²) < 4.78 is 19.5. The number of nitrogens with one attached hydrogen (secondary N) is 1. The molecule has 0 amide bonds. The highest BCUT2D eigenvalue weighted by Crippen LogP contribution is 2.26. The van der Waals surface area contributed by atoms with Crippen LogP contribution in [0.1, 0.15) is 16.7 Å². The summed E-state index contributed by atoms with van der Waals surface area (Å²) >= 11 is 3.49. The molecule has 2 aromatic rings. The third kappa shape index (κ3) is 4.03. The smallest absolute Gasteiger partial charge is 0.124 e. The standard InChI is InChI=1S/C16H14BrFN2O/c1-21-10-14-15(17)3-2-4-16(14)20-9-12-5-11(8-19)6-13(18)7-12/h2-7,20H,9-10H2,1H3. The van der Waals surface area contributed by atoms with Gasteiger partial charge in [-0.3, -0.25) is 0 Å². The van der Waals surface area contributed by atoms with Crippen LogP contribution in [0.15, 0.2) is 40.9 Å². The molecule has 0 atom stereocenters. The molecular weight excluding hydrogens is 335 g/mol. The summed E-state index contributed by atoms with van der Waals surface area (Å²) in [7, 11) is 1.63. The Balaban J connectivity index is 2.19. The second-order valence-electron chi connectivity index (χ2n) is 4.51. The van der Waals surface area contributed by atoms with Crippen LogP contribution in [0.2, 0.25) is 0 Å². The van der Waals surface area contributed by atoms with Crippen molar-refractivity contribution in [2.24, 2.45) is 0 Å². The fraction of sp³-hybridized carbons (Fsp3) is 0.188. The summed E-state index contributed by atoms with van der Waals surface area (Å²) in [5.74, 6) is -0.405. The molecule has 0 aliphatic rings. The Morgan fingerprint density at radius 3 is 2.86 bits per heavy atom. The third-order valence-corrected chi connectivity index (χ3v) is 3.72. The van der Waals surface area contributed by atoms with Gasteiger partial charge in [-0.15, -0.1) is 0 Å². The minimum Gasteiger partial charge on any atom is -0.381 e. The van der Waals surface area contributed by atoms with Gasteiger partial charge in [0.1, 0.15) is 5.82 Å². The number of rotatable bonds is 5. The molecule has 0 saturated carbocycles. The number of methoxy groups -OCH3 is 1. The zero-order chi connectivity index (χ0) is 15.2. The van der Waals surface area contributed by atoms with E-state index in [1.54, 1.807) is 13.2 Å². The van der Waals surface area contributed by atoms with Crippen molar-refractivity contribution in [2.75, 3.05) is 12.4 Å². The Labute approximate surface area is 131 Å².